The van der Waals surface area contributed by atoms with Crippen LogP contribution in [-0.2, 0) is 27.0 Å². The first-order valence-corrected chi connectivity index (χ1v) is 12.2. The summed E-state index contributed by atoms with van der Waals surface area (Å²) in [7, 11) is -3.90. The zero-order valence-corrected chi connectivity index (χ0v) is 19.4. The molecule has 3 N–H and O–H groups in total. The monoisotopic (exact) mass is 464 g/mol. The average Bonchev–Trinajstić information content (AvgIpc) is 2.72. The van der Waals surface area contributed by atoms with Gasteiger partial charge in [-0.15, -0.1) is 0 Å². The lowest BCUT2D eigenvalue weighted by atomic mass is 9.84. The Morgan fingerprint density at radius 1 is 1.10 bits per heavy atom. The molecule has 1 fully saturated rings. The van der Waals surface area contributed by atoms with E-state index >= 15 is 0 Å². The molecule has 0 unspecified atom stereocenters. The highest BCUT2D eigenvalue weighted by Gasteiger charge is 2.40. The minimum absolute atomic E-state index is 0.103. The Morgan fingerprint density at radius 3 is 2.23 bits per heavy atom. The molecule has 2 aromatic carbocycles. The Morgan fingerprint density at radius 2 is 1.68 bits per heavy atom. The number of hydrogen-bond donors (Lipinski definition) is 2. The van der Waals surface area contributed by atoms with Gasteiger partial charge in [-0.25, -0.2) is 8.42 Å². The van der Waals surface area contributed by atoms with E-state index in [4.69, 9.17) is 17.3 Å². The molecule has 1 saturated carbocycles. The third kappa shape index (κ3) is 5.47. The molecule has 8 heteroatoms. The van der Waals surface area contributed by atoms with Crippen molar-refractivity contribution in [3.05, 3.63) is 64.7 Å². The van der Waals surface area contributed by atoms with Crippen molar-refractivity contribution in [1.82, 2.24) is 4.31 Å². The van der Waals surface area contributed by atoms with Gasteiger partial charge in [0.05, 0.1) is 16.4 Å². The van der Waals surface area contributed by atoms with E-state index < -0.39 is 33.5 Å². The lowest BCUT2D eigenvalue weighted by Gasteiger charge is -2.38. The molecule has 168 valence electrons. The van der Waals surface area contributed by atoms with Gasteiger partial charge < -0.3 is 10.8 Å². The molecule has 0 radical (unpaired) electrons. The lowest BCUT2D eigenvalue weighted by molar-refractivity contribution is -0.124. The predicted octanol–water partition coefficient (Wildman–Crippen LogP) is 3.80. The molecule has 0 spiro atoms. The van der Waals surface area contributed by atoms with E-state index in [1.165, 1.54) is 28.6 Å². The van der Waals surface area contributed by atoms with Crippen molar-refractivity contribution < 1.29 is 18.3 Å². The maximum atomic E-state index is 13.6. The Bertz CT molecular complexity index is 1020. The summed E-state index contributed by atoms with van der Waals surface area (Å²) >= 11 is 5.95. The average molecular weight is 465 g/mol. The number of halogens is 1. The second kappa shape index (κ2) is 9.28. The quantitative estimate of drug-likeness (QED) is 0.650. The van der Waals surface area contributed by atoms with Gasteiger partial charge in [0.2, 0.25) is 15.9 Å². The van der Waals surface area contributed by atoms with Crippen LogP contribution in [0.2, 0.25) is 5.02 Å². The maximum absolute atomic E-state index is 13.6. The van der Waals surface area contributed by atoms with Crippen molar-refractivity contribution in [2.45, 2.75) is 62.6 Å². The van der Waals surface area contributed by atoms with E-state index in [1.54, 1.807) is 38.1 Å². The Kier molecular flexibility index (Phi) is 7.11. The number of nitrogens with two attached hydrogens (primary N) is 1. The summed E-state index contributed by atoms with van der Waals surface area (Å²) in [5.74, 6) is -1.01. The maximum Gasteiger partial charge on any atom is 0.243 e. The molecule has 0 saturated heterocycles. The van der Waals surface area contributed by atoms with Crippen LogP contribution in [0.1, 0.15) is 50.7 Å². The zero-order valence-electron chi connectivity index (χ0n) is 17.8. The van der Waals surface area contributed by atoms with Crippen LogP contribution in [-0.4, -0.2) is 29.8 Å². The standard InChI is InChI=1S/C23H29ClN2O4S/c1-23(2,28)17-9-7-16(8-10-17)15-26(21-6-4-3-5-20(21)22(25)27)31(29,30)19-13-11-18(24)12-14-19/h7-14,20-21,28H,3-6,15H2,1-2H3,(H2,25,27)/t20-,21+/m0/s1. The molecule has 1 amide bonds. The summed E-state index contributed by atoms with van der Waals surface area (Å²) < 4.78 is 28.7. The van der Waals surface area contributed by atoms with Crippen LogP contribution in [0.15, 0.2) is 53.4 Å². The summed E-state index contributed by atoms with van der Waals surface area (Å²) in [5, 5.41) is 10.6. The number of carbonyl (C=O) groups excluding carboxylic acids is 1. The molecule has 1 aliphatic rings. The van der Waals surface area contributed by atoms with Crippen molar-refractivity contribution in [2.75, 3.05) is 0 Å². The van der Waals surface area contributed by atoms with Crippen LogP contribution in [0, 0.1) is 5.92 Å². The fourth-order valence-corrected chi connectivity index (χ4v) is 5.91. The van der Waals surface area contributed by atoms with Crippen molar-refractivity contribution in [3.8, 4) is 0 Å². The summed E-state index contributed by atoms with van der Waals surface area (Å²) in [6.45, 7) is 3.49. The number of sulfonamides is 1. The van der Waals surface area contributed by atoms with E-state index in [0.29, 0.717) is 17.9 Å². The van der Waals surface area contributed by atoms with E-state index in [-0.39, 0.29) is 11.4 Å². The summed E-state index contributed by atoms with van der Waals surface area (Å²) in [4.78, 5) is 12.3. The van der Waals surface area contributed by atoms with Crippen LogP contribution in [0.4, 0.5) is 0 Å². The minimum atomic E-state index is -3.90. The number of rotatable bonds is 7. The normalized spacial score (nSPS) is 20.0. The first-order valence-electron chi connectivity index (χ1n) is 10.4. The third-order valence-corrected chi connectivity index (χ3v) is 8.02. The fraction of sp³-hybridized carbons (Fsp3) is 0.435. The Hall–Kier alpha value is -1.93. The van der Waals surface area contributed by atoms with E-state index in [0.717, 1.165) is 24.0 Å². The number of benzene rings is 2. The number of carbonyl (C=O) groups is 1. The van der Waals surface area contributed by atoms with Crippen molar-refractivity contribution >= 4 is 27.5 Å². The minimum Gasteiger partial charge on any atom is -0.386 e. The van der Waals surface area contributed by atoms with Crippen molar-refractivity contribution in [2.24, 2.45) is 11.7 Å². The van der Waals surface area contributed by atoms with Crippen LogP contribution >= 0.6 is 11.6 Å². The highest BCUT2D eigenvalue weighted by atomic mass is 35.5. The molecule has 1 aliphatic carbocycles. The molecule has 31 heavy (non-hydrogen) atoms. The van der Waals surface area contributed by atoms with Gasteiger partial charge in [-0.3, -0.25) is 4.79 Å². The zero-order chi connectivity index (χ0) is 22.8. The largest absolute Gasteiger partial charge is 0.386 e. The van der Waals surface area contributed by atoms with Crippen LogP contribution in [0.3, 0.4) is 0 Å². The number of amides is 1. The second-order valence-electron chi connectivity index (χ2n) is 8.62. The highest BCUT2D eigenvalue weighted by molar-refractivity contribution is 7.89. The molecule has 2 atom stereocenters. The van der Waals surface area contributed by atoms with Gasteiger partial charge in [-0.05, 0) is 62.1 Å². The lowest BCUT2D eigenvalue weighted by Crippen LogP contribution is -2.49. The molecule has 2 aromatic rings. The van der Waals surface area contributed by atoms with Gasteiger partial charge in [-0.2, -0.15) is 4.31 Å². The van der Waals surface area contributed by atoms with Gasteiger partial charge in [0.15, 0.2) is 0 Å². The molecule has 0 bridgehead atoms. The highest BCUT2D eigenvalue weighted by Crippen LogP contribution is 2.34. The van der Waals surface area contributed by atoms with Crippen molar-refractivity contribution in [3.63, 3.8) is 0 Å². The van der Waals surface area contributed by atoms with E-state index in [1.807, 2.05) is 0 Å². The van der Waals surface area contributed by atoms with Crippen LogP contribution < -0.4 is 5.73 Å². The van der Waals surface area contributed by atoms with Gasteiger partial charge >= 0.3 is 0 Å². The number of nitrogens with zero attached hydrogens (tertiary/aromatic N) is 1. The smallest absolute Gasteiger partial charge is 0.243 e. The predicted molar refractivity (Wildman–Crippen MR) is 121 cm³/mol. The molecule has 3 rings (SSSR count). The van der Waals surface area contributed by atoms with Gasteiger partial charge in [0.1, 0.15) is 0 Å². The summed E-state index contributed by atoms with van der Waals surface area (Å²) in [6, 6.07) is 12.7. The molecular weight excluding hydrogens is 436 g/mol. The number of aliphatic hydroxyl groups is 1. The summed E-state index contributed by atoms with van der Waals surface area (Å²) in [6.07, 6.45) is 2.82. The van der Waals surface area contributed by atoms with Crippen LogP contribution in [0.25, 0.3) is 0 Å². The fourth-order valence-electron chi connectivity index (χ4n) is 4.11. The molecule has 6 nitrogen and oxygen atoms in total. The molecule has 0 heterocycles. The summed E-state index contributed by atoms with van der Waals surface area (Å²) in [5.41, 5.74) is 6.16. The van der Waals surface area contributed by atoms with Gasteiger partial charge in [0, 0.05) is 17.6 Å². The van der Waals surface area contributed by atoms with Crippen molar-refractivity contribution in [1.29, 1.82) is 0 Å². The van der Waals surface area contributed by atoms with Gasteiger partial charge in [0.25, 0.3) is 0 Å². The van der Waals surface area contributed by atoms with Gasteiger partial charge in [-0.1, -0.05) is 48.7 Å². The number of primary amides is 1. The third-order valence-electron chi connectivity index (χ3n) is 5.88. The molecular formula is C23H29ClN2O4S. The topological polar surface area (TPSA) is 101 Å². The van der Waals surface area contributed by atoms with Crippen LogP contribution in [0.5, 0.6) is 0 Å². The molecule has 0 aliphatic heterocycles. The first kappa shape index (κ1) is 23.7. The van der Waals surface area contributed by atoms with E-state index in [2.05, 4.69) is 0 Å². The molecule has 0 aromatic heterocycles. The Labute approximate surface area is 189 Å². The SMILES string of the molecule is CC(C)(O)c1ccc(CN([C@@H]2CCCC[C@@H]2C(N)=O)S(=O)(=O)c2ccc(Cl)cc2)cc1. The number of hydrogen-bond acceptors (Lipinski definition) is 4. The van der Waals surface area contributed by atoms with E-state index in [9.17, 15) is 18.3 Å². The first-order chi connectivity index (χ1) is 14.5. The second-order valence-corrected chi connectivity index (χ2v) is 10.9. The Balaban J connectivity index is 2.01.